The first-order chi connectivity index (χ1) is 12.6. The minimum absolute atomic E-state index is 0.119. The lowest BCUT2D eigenvalue weighted by molar-refractivity contribution is -0.122. The normalized spacial score (nSPS) is 10.5. The van der Waals surface area contributed by atoms with Crippen LogP contribution in [0.1, 0.15) is 28.1 Å². The monoisotopic (exact) mass is 352 g/mol. The maximum Gasteiger partial charge on any atom is 0.305 e. The highest BCUT2D eigenvalue weighted by Crippen LogP contribution is 2.24. The first kappa shape index (κ1) is 17.5. The molecule has 3 rings (SSSR count). The summed E-state index contributed by atoms with van der Waals surface area (Å²) in [7, 11) is 0. The van der Waals surface area contributed by atoms with Crippen LogP contribution in [-0.2, 0) is 4.79 Å². The molecular weight excluding hydrogens is 332 g/mol. The highest BCUT2D eigenvalue weighted by molar-refractivity contribution is 5.99. The summed E-state index contributed by atoms with van der Waals surface area (Å²) in [6, 6.07) is 15.0. The second-order valence-electron chi connectivity index (χ2n) is 5.92. The van der Waals surface area contributed by atoms with E-state index < -0.39 is 5.91 Å². The Hall–Kier alpha value is -3.28. The van der Waals surface area contributed by atoms with Gasteiger partial charge in [0.2, 0.25) is 5.91 Å². The molecule has 6 nitrogen and oxygen atoms in total. The summed E-state index contributed by atoms with van der Waals surface area (Å²) in [6.07, 6.45) is 0.119. The molecule has 0 saturated carbocycles. The Morgan fingerprint density at radius 3 is 2.50 bits per heavy atom. The molecule has 3 aromatic rings. The molecule has 0 fully saturated rings. The van der Waals surface area contributed by atoms with Gasteiger partial charge < -0.3 is 9.15 Å². The SMILES string of the molecule is Cc1ccccc1OCCC(=O)NNC(=O)c1oc2ccccc2c1C. The topological polar surface area (TPSA) is 80.6 Å². The first-order valence-electron chi connectivity index (χ1n) is 8.32. The molecule has 134 valence electrons. The van der Waals surface area contributed by atoms with E-state index in [9.17, 15) is 9.59 Å². The molecule has 1 heterocycles. The largest absolute Gasteiger partial charge is 0.493 e. The molecule has 0 unspecified atom stereocenters. The Morgan fingerprint density at radius 1 is 1.00 bits per heavy atom. The van der Waals surface area contributed by atoms with Crippen molar-refractivity contribution in [3.8, 4) is 5.75 Å². The van der Waals surface area contributed by atoms with E-state index in [0.717, 1.165) is 22.3 Å². The summed E-state index contributed by atoms with van der Waals surface area (Å²) >= 11 is 0. The van der Waals surface area contributed by atoms with Crippen LogP contribution in [0, 0.1) is 13.8 Å². The second kappa shape index (κ2) is 7.74. The van der Waals surface area contributed by atoms with Crippen molar-refractivity contribution in [1.82, 2.24) is 10.9 Å². The maximum atomic E-state index is 12.2. The number of aryl methyl sites for hydroxylation is 2. The van der Waals surface area contributed by atoms with Crippen LogP contribution in [-0.4, -0.2) is 18.4 Å². The number of carbonyl (C=O) groups excluding carboxylic acids is 2. The van der Waals surface area contributed by atoms with Gasteiger partial charge in [0, 0.05) is 10.9 Å². The number of hydrazine groups is 1. The van der Waals surface area contributed by atoms with Gasteiger partial charge in [-0.15, -0.1) is 0 Å². The van der Waals surface area contributed by atoms with Crippen molar-refractivity contribution in [3.05, 3.63) is 65.4 Å². The van der Waals surface area contributed by atoms with Crippen LogP contribution in [0.3, 0.4) is 0 Å². The maximum absolute atomic E-state index is 12.2. The number of hydrogen-bond acceptors (Lipinski definition) is 4. The number of para-hydroxylation sites is 2. The summed E-state index contributed by atoms with van der Waals surface area (Å²) in [5.41, 5.74) is 7.11. The third kappa shape index (κ3) is 3.85. The molecule has 0 aliphatic rings. The van der Waals surface area contributed by atoms with Gasteiger partial charge in [0.25, 0.3) is 0 Å². The highest BCUT2D eigenvalue weighted by Gasteiger charge is 2.17. The number of rotatable bonds is 5. The molecule has 6 heteroatoms. The zero-order chi connectivity index (χ0) is 18.5. The Labute approximate surface area is 151 Å². The molecule has 0 saturated heterocycles. The molecule has 0 radical (unpaired) electrons. The van der Waals surface area contributed by atoms with E-state index in [1.807, 2.05) is 49.4 Å². The van der Waals surface area contributed by atoms with Gasteiger partial charge in [0.1, 0.15) is 11.3 Å². The van der Waals surface area contributed by atoms with E-state index in [2.05, 4.69) is 10.9 Å². The molecule has 0 bridgehead atoms. The zero-order valence-corrected chi connectivity index (χ0v) is 14.7. The zero-order valence-electron chi connectivity index (χ0n) is 14.7. The van der Waals surface area contributed by atoms with Crippen molar-refractivity contribution >= 4 is 22.8 Å². The van der Waals surface area contributed by atoms with Gasteiger partial charge in [-0.25, -0.2) is 0 Å². The van der Waals surface area contributed by atoms with Gasteiger partial charge in [-0.05, 0) is 31.5 Å². The highest BCUT2D eigenvalue weighted by atomic mass is 16.5. The molecule has 0 atom stereocenters. The number of amides is 2. The molecule has 26 heavy (non-hydrogen) atoms. The van der Waals surface area contributed by atoms with Gasteiger partial charge in [-0.3, -0.25) is 20.4 Å². The van der Waals surface area contributed by atoms with Crippen LogP contribution in [0.4, 0.5) is 0 Å². The van der Waals surface area contributed by atoms with Crippen LogP contribution >= 0.6 is 0 Å². The van der Waals surface area contributed by atoms with Gasteiger partial charge in [0.05, 0.1) is 13.0 Å². The minimum Gasteiger partial charge on any atom is -0.493 e. The van der Waals surface area contributed by atoms with Crippen molar-refractivity contribution in [1.29, 1.82) is 0 Å². The van der Waals surface area contributed by atoms with E-state index in [-0.39, 0.29) is 24.7 Å². The number of carbonyl (C=O) groups is 2. The number of benzene rings is 2. The standard InChI is InChI=1S/C20H20N2O4/c1-13-7-3-5-9-16(13)25-12-11-18(23)21-22-20(24)19-14(2)15-8-4-6-10-17(15)26-19/h3-10H,11-12H2,1-2H3,(H,21,23)(H,22,24). The van der Waals surface area contributed by atoms with Gasteiger partial charge in [-0.1, -0.05) is 36.4 Å². The molecule has 0 aliphatic heterocycles. The Balaban J connectivity index is 1.50. The number of nitrogens with one attached hydrogen (secondary N) is 2. The van der Waals surface area contributed by atoms with Crippen molar-refractivity contribution in [2.75, 3.05) is 6.61 Å². The lowest BCUT2D eigenvalue weighted by Gasteiger charge is -2.09. The fraction of sp³-hybridized carbons (Fsp3) is 0.200. The molecule has 2 N–H and O–H groups in total. The molecular formula is C20H20N2O4. The van der Waals surface area contributed by atoms with Crippen molar-refractivity contribution < 1.29 is 18.7 Å². The van der Waals surface area contributed by atoms with E-state index in [0.29, 0.717) is 5.58 Å². The predicted molar refractivity (Wildman–Crippen MR) is 97.9 cm³/mol. The van der Waals surface area contributed by atoms with Crippen molar-refractivity contribution in [3.63, 3.8) is 0 Å². The molecule has 2 aromatic carbocycles. The third-order valence-electron chi connectivity index (χ3n) is 4.05. The summed E-state index contributed by atoms with van der Waals surface area (Å²) in [5, 5.41) is 0.871. The van der Waals surface area contributed by atoms with Gasteiger partial charge >= 0.3 is 5.91 Å². The fourth-order valence-electron chi connectivity index (χ4n) is 2.61. The Bertz CT molecular complexity index is 946. The number of furan rings is 1. The number of fused-ring (bicyclic) bond motifs is 1. The summed E-state index contributed by atoms with van der Waals surface area (Å²) in [5.74, 6) is 0.0810. The second-order valence-corrected chi connectivity index (χ2v) is 5.92. The van der Waals surface area contributed by atoms with Crippen LogP contribution < -0.4 is 15.6 Å². The van der Waals surface area contributed by atoms with Crippen molar-refractivity contribution in [2.45, 2.75) is 20.3 Å². The molecule has 1 aromatic heterocycles. The Morgan fingerprint density at radius 2 is 1.73 bits per heavy atom. The Kier molecular flexibility index (Phi) is 5.22. The lowest BCUT2D eigenvalue weighted by atomic mass is 10.1. The number of hydrogen-bond donors (Lipinski definition) is 2. The third-order valence-corrected chi connectivity index (χ3v) is 4.05. The summed E-state index contributed by atoms with van der Waals surface area (Å²) in [4.78, 5) is 24.1. The average Bonchev–Trinajstić information content (AvgIpc) is 2.98. The van der Waals surface area contributed by atoms with Crippen LogP contribution in [0.25, 0.3) is 11.0 Å². The van der Waals surface area contributed by atoms with Gasteiger partial charge in [-0.2, -0.15) is 0 Å². The smallest absolute Gasteiger partial charge is 0.305 e. The van der Waals surface area contributed by atoms with Crippen LogP contribution in [0.2, 0.25) is 0 Å². The van der Waals surface area contributed by atoms with E-state index in [4.69, 9.17) is 9.15 Å². The van der Waals surface area contributed by atoms with Crippen LogP contribution in [0.5, 0.6) is 5.75 Å². The minimum atomic E-state index is -0.494. The summed E-state index contributed by atoms with van der Waals surface area (Å²) in [6.45, 7) is 3.96. The quantitative estimate of drug-likeness (QED) is 0.691. The van der Waals surface area contributed by atoms with Crippen LogP contribution in [0.15, 0.2) is 52.9 Å². The molecule has 0 aliphatic carbocycles. The van der Waals surface area contributed by atoms with Crippen molar-refractivity contribution in [2.24, 2.45) is 0 Å². The van der Waals surface area contributed by atoms with E-state index >= 15 is 0 Å². The van der Waals surface area contributed by atoms with E-state index in [1.165, 1.54) is 0 Å². The first-order valence-corrected chi connectivity index (χ1v) is 8.32. The molecule has 2 amide bonds. The predicted octanol–water partition coefficient (Wildman–Crippen LogP) is 3.28. The summed E-state index contributed by atoms with van der Waals surface area (Å²) < 4.78 is 11.1. The number of ether oxygens (including phenoxy) is 1. The van der Waals surface area contributed by atoms with E-state index in [1.54, 1.807) is 13.0 Å². The fourth-order valence-corrected chi connectivity index (χ4v) is 2.61. The van der Waals surface area contributed by atoms with Gasteiger partial charge in [0.15, 0.2) is 5.76 Å². The average molecular weight is 352 g/mol. The molecule has 0 spiro atoms. The lowest BCUT2D eigenvalue weighted by Crippen LogP contribution is -2.42.